The molecule has 2 rings (SSSR count). The molecule has 0 aliphatic carbocycles. The first-order valence-electron chi connectivity index (χ1n) is 8.45. The minimum atomic E-state index is -0.0334. The Morgan fingerprint density at radius 2 is 1.96 bits per heavy atom. The summed E-state index contributed by atoms with van der Waals surface area (Å²) >= 11 is 1.48. The number of nitriles is 1. The van der Waals surface area contributed by atoms with E-state index in [1.807, 2.05) is 13.8 Å². The number of nitrogens with one attached hydrogen (secondary N) is 1. The molecule has 0 bridgehead atoms. The Balaban J connectivity index is 2.38. The maximum absolute atomic E-state index is 11.9. The fraction of sp³-hybridized carbons (Fsp3) is 0.400. The van der Waals surface area contributed by atoms with E-state index < -0.39 is 0 Å². The summed E-state index contributed by atoms with van der Waals surface area (Å²) < 4.78 is 0. The quantitative estimate of drug-likeness (QED) is 0.717. The molecule has 0 saturated heterocycles. The lowest BCUT2D eigenvalue weighted by atomic mass is 9.95. The number of nitrogens with zero attached hydrogens (tertiary/aromatic N) is 1. The fourth-order valence-electron chi connectivity index (χ4n) is 2.72. The molecule has 0 aliphatic rings. The molecule has 1 amide bonds. The third kappa shape index (κ3) is 3.85. The van der Waals surface area contributed by atoms with Gasteiger partial charge in [0, 0.05) is 16.9 Å². The summed E-state index contributed by atoms with van der Waals surface area (Å²) in [6.07, 6.45) is 2.37. The van der Waals surface area contributed by atoms with E-state index in [1.165, 1.54) is 16.9 Å². The number of amides is 1. The van der Waals surface area contributed by atoms with Gasteiger partial charge in [0.1, 0.15) is 11.1 Å². The Morgan fingerprint density at radius 3 is 2.50 bits per heavy atom. The highest BCUT2D eigenvalue weighted by atomic mass is 32.1. The zero-order valence-corrected chi connectivity index (χ0v) is 15.6. The zero-order chi connectivity index (χ0) is 17.7. The second-order valence-corrected chi connectivity index (χ2v) is 7.30. The van der Waals surface area contributed by atoms with Gasteiger partial charge in [0.15, 0.2) is 0 Å². The minimum Gasteiger partial charge on any atom is -0.317 e. The van der Waals surface area contributed by atoms with Crippen molar-refractivity contribution in [1.82, 2.24) is 0 Å². The first-order valence-corrected chi connectivity index (χ1v) is 9.27. The highest BCUT2D eigenvalue weighted by molar-refractivity contribution is 7.17. The highest BCUT2D eigenvalue weighted by Crippen LogP contribution is 2.39. The topological polar surface area (TPSA) is 52.9 Å². The lowest BCUT2D eigenvalue weighted by molar-refractivity contribution is -0.116. The van der Waals surface area contributed by atoms with Gasteiger partial charge in [-0.3, -0.25) is 4.79 Å². The van der Waals surface area contributed by atoms with Gasteiger partial charge in [-0.1, -0.05) is 45.0 Å². The number of carbonyl (C=O) groups is 1. The van der Waals surface area contributed by atoms with Crippen molar-refractivity contribution in [2.24, 2.45) is 0 Å². The van der Waals surface area contributed by atoms with Crippen LogP contribution in [0.3, 0.4) is 0 Å². The van der Waals surface area contributed by atoms with E-state index >= 15 is 0 Å². The summed E-state index contributed by atoms with van der Waals surface area (Å²) in [5, 5.41) is 13.2. The molecule has 3 nitrogen and oxygen atoms in total. The van der Waals surface area contributed by atoms with Gasteiger partial charge in [0.2, 0.25) is 5.91 Å². The van der Waals surface area contributed by atoms with Crippen molar-refractivity contribution in [2.75, 3.05) is 5.32 Å². The van der Waals surface area contributed by atoms with Gasteiger partial charge in [0.05, 0.1) is 5.56 Å². The van der Waals surface area contributed by atoms with Crippen LogP contribution in [-0.2, 0) is 4.79 Å². The van der Waals surface area contributed by atoms with E-state index in [1.54, 1.807) is 0 Å². The van der Waals surface area contributed by atoms with Crippen LogP contribution in [0.2, 0.25) is 0 Å². The van der Waals surface area contributed by atoms with Crippen molar-refractivity contribution in [1.29, 1.82) is 5.26 Å². The monoisotopic (exact) mass is 340 g/mol. The van der Waals surface area contributed by atoms with Crippen LogP contribution < -0.4 is 5.32 Å². The standard InChI is InChI=1S/C20H24N2OS/c1-5-7-18(23)22-20-17(12-21)19(14(4)24-20)16-10-8-15(9-11-16)13(3)6-2/h8-11,13H,5-7H2,1-4H3,(H,22,23)/t13-/m0/s1. The second kappa shape index (κ2) is 8.12. The summed E-state index contributed by atoms with van der Waals surface area (Å²) in [6, 6.07) is 10.7. The smallest absolute Gasteiger partial charge is 0.224 e. The van der Waals surface area contributed by atoms with Crippen LogP contribution in [0.1, 0.15) is 62.0 Å². The number of thiophene rings is 1. The summed E-state index contributed by atoms with van der Waals surface area (Å²) in [7, 11) is 0. The van der Waals surface area contributed by atoms with Gasteiger partial charge in [-0.2, -0.15) is 5.26 Å². The highest BCUT2D eigenvalue weighted by Gasteiger charge is 2.19. The molecule has 126 valence electrons. The van der Waals surface area contributed by atoms with E-state index in [2.05, 4.69) is 49.5 Å². The minimum absolute atomic E-state index is 0.0334. The van der Waals surface area contributed by atoms with Crippen LogP contribution in [0.5, 0.6) is 0 Å². The average Bonchev–Trinajstić information content (AvgIpc) is 2.89. The van der Waals surface area contributed by atoms with Gasteiger partial charge in [0.25, 0.3) is 0 Å². The molecule has 1 aromatic carbocycles. The molecule has 1 atom stereocenters. The molecule has 0 saturated carbocycles. The molecule has 0 spiro atoms. The van der Waals surface area contributed by atoms with Gasteiger partial charge in [-0.05, 0) is 36.8 Å². The predicted octanol–water partition coefficient (Wildman–Crippen LogP) is 5.85. The molecule has 0 unspecified atom stereocenters. The number of benzene rings is 1. The van der Waals surface area contributed by atoms with Crippen LogP contribution >= 0.6 is 11.3 Å². The Hall–Kier alpha value is -2.12. The molecule has 1 heterocycles. The van der Waals surface area contributed by atoms with Crippen LogP contribution in [0.15, 0.2) is 24.3 Å². The number of anilines is 1. The van der Waals surface area contributed by atoms with Crippen molar-refractivity contribution in [3.63, 3.8) is 0 Å². The van der Waals surface area contributed by atoms with Crippen molar-refractivity contribution >= 4 is 22.2 Å². The Kier molecular flexibility index (Phi) is 6.16. The van der Waals surface area contributed by atoms with Crippen molar-refractivity contribution in [3.05, 3.63) is 40.3 Å². The molecule has 24 heavy (non-hydrogen) atoms. The van der Waals surface area contributed by atoms with Crippen LogP contribution in [0.25, 0.3) is 11.1 Å². The largest absolute Gasteiger partial charge is 0.317 e. The lowest BCUT2D eigenvalue weighted by Crippen LogP contribution is -2.10. The van der Waals surface area contributed by atoms with E-state index in [0.717, 1.165) is 28.8 Å². The third-order valence-electron chi connectivity index (χ3n) is 4.31. The first-order chi connectivity index (χ1) is 11.5. The van der Waals surface area contributed by atoms with Crippen LogP contribution in [0.4, 0.5) is 5.00 Å². The van der Waals surface area contributed by atoms with Gasteiger partial charge >= 0.3 is 0 Å². The number of hydrogen-bond donors (Lipinski definition) is 1. The number of hydrogen-bond acceptors (Lipinski definition) is 3. The molecule has 1 N–H and O–H groups in total. The van der Waals surface area contributed by atoms with Crippen LogP contribution in [-0.4, -0.2) is 5.91 Å². The van der Waals surface area contributed by atoms with Gasteiger partial charge in [-0.15, -0.1) is 11.3 Å². The van der Waals surface area contributed by atoms with E-state index in [0.29, 0.717) is 22.9 Å². The summed E-state index contributed by atoms with van der Waals surface area (Å²) in [6.45, 7) is 8.36. The SMILES string of the molecule is CCCC(=O)Nc1sc(C)c(-c2ccc([C@@H](C)CC)cc2)c1C#N. The number of aryl methyl sites for hydroxylation is 1. The Labute approximate surface area is 148 Å². The molecule has 0 fully saturated rings. The summed E-state index contributed by atoms with van der Waals surface area (Å²) in [5.74, 6) is 0.496. The van der Waals surface area contributed by atoms with Gasteiger partial charge in [-0.25, -0.2) is 0 Å². The zero-order valence-electron chi connectivity index (χ0n) is 14.8. The Morgan fingerprint density at radius 1 is 1.29 bits per heavy atom. The molecule has 2 aromatic rings. The van der Waals surface area contributed by atoms with Crippen molar-refractivity contribution < 1.29 is 4.79 Å². The summed E-state index contributed by atoms with van der Waals surface area (Å²) in [5.41, 5.74) is 3.84. The normalized spacial score (nSPS) is 11.8. The molecule has 0 radical (unpaired) electrons. The number of rotatable bonds is 6. The maximum atomic E-state index is 11.9. The van der Waals surface area contributed by atoms with Gasteiger partial charge < -0.3 is 5.32 Å². The number of carbonyl (C=O) groups excluding carboxylic acids is 1. The molecule has 0 aliphatic heterocycles. The molecular formula is C20H24N2OS. The summed E-state index contributed by atoms with van der Waals surface area (Å²) in [4.78, 5) is 12.9. The second-order valence-electron chi connectivity index (χ2n) is 6.08. The fourth-order valence-corrected chi connectivity index (χ4v) is 3.76. The van der Waals surface area contributed by atoms with E-state index in [4.69, 9.17) is 0 Å². The molecule has 1 aromatic heterocycles. The third-order valence-corrected chi connectivity index (χ3v) is 5.33. The van der Waals surface area contributed by atoms with E-state index in [9.17, 15) is 10.1 Å². The Bertz CT molecular complexity index is 753. The maximum Gasteiger partial charge on any atom is 0.224 e. The average molecular weight is 340 g/mol. The predicted molar refractivity (Wildman–Crippen MR) is 101 cm³/mol. The molecule has 4 heteroatoms. The van der Waals surface area contributed by atoms with Crippen molar-refractivity contribution in [2.45, 2.75) is 52.9 Å². The lowest BCUT2D eigenvalue weighted by Gasteiger charge is -2.10. The van der Waals surface area contributed by atoms with Crippen molar-refractivity contribution in [3.8, 4) is 17.2 Å². The first kappa shape index (κ1) is 18.2. The van der Waals surface area contributed by atoms with E-state index in [-0.39, 0.29) is 5.91 Å². The van der Waals surface area contributed by atoms with Crippen LogP contribution in [0, 0.1) is 18.3 Å². The molecular weight excluding hydrogens is 316 g/mol.